The van der Waals surface area contributed by atoms with E-state index in [1.807, 2.05) is 0 Å². The van der Waals surface area contributed by atoms with Crippen LogP contribution >= 0.6 is 0 Å². The second-order valence-electron chi connectivity index (χ2n) is 3.02. The molecule has 0 heterocycles. The van der Waals surface area contributed by atoms with Crippen molar-refractivity contribution in [2.24, 2.45) is 0 Å². The number of benzene rings is 1. The third-order valence-corrected chi connectivity index (χ3v) is 1.86. The maximum Gasteiger partial charge on any atom is 0.394 e. The average Bonchev–Trinajstić information content (AvgIpc) is 2.20. The number of hydrogen-bond donors (Lipinski definition) is 2. The van der Waals surface area contributed by atoms with Gasteiger partial charge in [-0.05, 0) is 18.6 Å². The molecule has 16 heavy (non-hydrogen) atoms. The molecule has 0 atom stereocenters. The van der Waals surface area contributed by atoms with Crippen LogP contribution in [0.5, 0.6) is 0 Å². The summed E-state index contributed by atoms with van der Waals surface area (Å²) in [7, 11) is 0. The Kier molecular flexibility index (Phi) is 3.19. The summed E-state index contributed by atoms with van der Waals surface area (Å²) >= 11 is 0. The molecule has 84 valence electrons. The SMILES string of the molecule is Cc1cc([N+](=O)[O-])ccc1NC(=O)C(=O)O. The van der Waals surface area contributed by atoms with Crippen LogP contribution in [0, 0.1) is 17.0 Å². The van der Waals surface area contributed by atoms with Crippen molar-refractivity contribution >= 4 is 23.3 Å². The summed E-state index contributed by atoms with van der Waals surface area (Å²) in [6.07, 6.45) is 0. The zero-order valence-electron chi connectivity index (χ0n) is 8.26. The molecule has 7 nitrogen and oxygen atoms in total. The summed E-state index contributed by atoms with van der Waals surface area (Å²) in [4.78, 5) is 31.0. The van der Waals surface area contributed by atoms with Gasteiger partial charge in [-0.1, -0.05) is 0 Å². The molecule has 1 rings (SSSR count). The van der Waals surface area contributed by atoms with Gasteiger partial charge in [-0.25, -0.2) is 4.79 Å². The van der Waals surface area contributed by atoms with Crippen molar-refractivity contribution in [1.29, 1.82) is 0 Å². The lowest BCUT2D eigenvalue weighted by atomic mass is 10.2. The van der Waals surface area contributed by atoms with E-state index in [1.54, 1.807) is 0 Å². The highest BCUT2D eigenvalue weighted by atomic mass is 16.6. The van der Waals surface area contributed by atoms with E-state index in [0.717, 1.165) is 0 Å². The lowest BCUT2D eigenvalue weighted by Crippen LogP contribution is -2.22. The third-order valence-electron chi connectivity index (χ3n) is 1.86. The Bertz CT molecular complexity index is 469. The Labute approximate surface area is 89.8 Å². The van der Waals surface area contributed by atoms with Crippen LogP contribution in [-0.2, 0) is 9.59 Å². The number of rotatable bonds is 2. The van der Waals surface area contributed by atoms with E-state index in [2.05, 4.69) is 5.32 Å². The number of nitro benzene ring substituents is 1. The first-order valence-corrected chi connectivity index (χ1v) is 4.21. The smallest absolute Gasteiger partial charge is 0.394 e. The second-order valence-corrected chi connectivity index (χ2v) is 3.02. The Morgan fingerprint density at radius 2 is 2.06 bits per heavy atom. The fourth-order valence-corrected chi connectivity index (χ4v) is 1.08. The number of aryl methyl sites for hydroxylation is 1. The van der Waals surface area contributed by atoms with Crippen molar-refractivity contribution in [3.63, 3.8) is 0 Å². The summed E-state index contributed by atoms with van der Waals surface area (Å²) in [5.41, 5.74) is 0.535. The van der Waals surface area contributed by atoms with E-state index in [4.69, 9.17) is 5.11 Å². The minimum absolute atomic E-state index is 0.120. The molecule has 2 N–H and O–H groups in total. The number of amides is 1. The van der Waals surface area contributed by atoms with Crippen LogP contribution in [0.25, 0.3) is 0 Å². The van der Waals surface area contributed by atoms with Crippen LogP contribution < -0.4 is 5.32 Å². The van der Waals surface area contributed by atoms with Crippen LogP contribution in [0.4, 0.5) is 11.4 Å². The van der Waals surface area contributed by atoms with Crippen molar-refractivity contribution in [2.75, 3.05) is 5.32 Å². The van der Waals surface area contributed by atoms with E-state index >= 15 is 0 Å². The predicted octanol–water partition coefficient (Wildman–Crippen LogP) is 0.926. The molecule has 0 saturated carbocycles. The second kappa shape index (κ2) is 4.39. The van der Waals surface area contributed by atoms with E-state index in [-0.39, 0.29) is 11.4 Å². The Balaban J connectivity index is 2.96. The third kappa shape index (κ3) is 2.53. The number of non-ortho nitro benzene ring substituents is 1. The standard InChI is InChI=1S/C9H8N2O5/c1-5-4-6(11(15)16)2-3-7(5)10-8(12)9(13)14/h2-4H,1H3,(H,10,12)(H,13,14). The molecule has 0 saturated heterocycles. The topological polar surface area (TPSA) is 110 Å². The van der Waals surface area contributed by atoms with Crippen molar-refractivity contribution in [1.82, 2.24) is 0 Å². The van der Waals surface area contributed by atoms with Gasteiger partial charge in [0.25, 0.3) is 5.69 Å². The minimum atomic E-state index is -1.61. The summed E-state index contributed by atoms with van der Waals surface area (Å²) in [5.74, 6) is -2.80. The van der Waals surface area contributed by atoms with E-state index in [1.165, 1.54) is 25.1 Å². The van der Waals surface area contributed by atoms with Crippen LogP contribution in [0.1, 0.15) is 5.56 Å². The first-order chi connectivity index (χ1) is 7.41. The molecule has 0 fully saturated rings. The van der Waals surface area contributed by atoms with Gasteiger partial charge >= 0.3 is 11.9 Å². The number of carboxylic acids is 1. The highest BCUT2D eigenvalue weighted by Crippen LogP contribution is 2.20. The van der Waals surface area contributed by atoms with Gasteiger partial charge < -0.3 is 10.4 Å². The zero-order valence-corrected chi connectivity index (χ0v) is 8.26. The summed E-state index contributed by atoms with van der Waals surface area (Å²) in [6, 6.07) is 3.72. The largest absolute Gasteiger partial charge is 0.474 e. The van der Waals surface area contributed by atoms with Crippen LogP contribution in [0.2, 0.25) is 0 Å². The molecule has 0 spiro atoms. The van der Waals surface area contributed by atoms with Crippen LogP contribution in [-0.4, -0.2) is 21.9 Å². The number of nitro groups is 1. The van der Waals surface area contributed by atoms with E-state index in [0.29, 0.717) is 5.56 Å². The molecule has 0 aliphatic carbocycles. The van der Waals surface area contributed by atoms with Crippen molar-refractivity contribution < 1.29 is 19.6 Å². The normalized spacial score (nSPS) is 9.56. The Morgan fingerprint density at radius 1 is 1.44 bits per heavy atom. The molecule has 0 aliphatic rings. The summed E-state index contributed by atoms with van der Waals surface area (Å²) in [5, 5.41) is 20.9. The number of carboxylic acid groups (broad SMARTS) is 1. The molecular weight excluding hydrogens is 216 g/mol. The molecule has 0 aliphatic heterocycles. The van der Waals surface area contributed by atoms with Crippen molar-refractivity contribution in [2.45, 2.75) is 6.92 Å². The quantitative estimate of drug-likeness (QED) is 0.441. The molecule has 1 aromatic rings. The van der Waals surface area contributed by atoms with Gasteiger partial charge in [-0.15, -0.1) is 0 Å². The van der Waals surface area contributed by atoms with Gasteiger partial charge in [0.15, 0.2) is 0 Å². The fraction of sp³-hybridized carbons (Fsp3) is 0.111. The van der Waals surface area contributed by atoms with Gasteiger partial charge in [0, 0.05) is 17.8 Å². The number of hydrogen-bond acceptors (Lipinski definition) is 4. The monoisotopic (exact) mass is 224 g/mol. The lowest BCUT2D eigenvalue weighted by molar-refractivity contribution is -0.384. The molecule has 1 aromatic carbocycles. The van der Waals surface area contributed by atoms with E-state index in [9.17, 15) is 19.7 Å². The van der Waals surface area contributed by atoms with Crippen LogP contribution in [0.15, 0.2) is 18.2 Å². The zero-order chi connectivity index (χ0) is 12.3. The maximum atomic E-state index is 10.8. The molecular formula is C9H8N2O5. The first-order valence-electron chi connectivity index (χ1n) is 4.21. The summed E-state index contributed by atoms with van der Waals surface area (Å²) < 4.78 is 0. The summed E-state index contributed by atoms with van der Waals surface area (Å²) in [6.45, 7) is 1.53. The van der Waals surface area contributed by atoms with Gasteiger partial charge in [-0.3, -0.25) is 14.9 Å². The Hall–Kier alpha value is -2.44. The molecule has 1 amide bonds. The molecule has 7 heteroatoms. The number of carbonyl (C=O) groups is 2. The predicted molar refractivity (Wildman–Crippen MR) is 54.1 cm³/mol. The number of anilines is 1. The number of carbonyl (C=O) groups excluding carboxylic acids is 1. The lowest BCUT2D eigenvalue weighted by Gasteiger charge is -2.05. The van der Waals surface area contributed by atoms with Crippen molar-refractivity contribution in [3.8, 4) is 0 Å². The van der Waals surface area contributed by atoms with E-state index < -0.39 is 16.8 Å². The highest BCUT2D eigenvalue weighted by Gasteiger charge is 2.14. The van der Waals surface area contributed by atoms with Crippen molar-refractivity contribution in [3.05, 3.63) is 33.9 Å². The average molecular weight is 224 g/mol. The minimum Gasteiger partial charge on any atom is -0.474 e. The highest BCUT2D eigenvalue weighted by molar-refractivity contribution is 6.36. The number of nitrogens with zero attached hydrogens (tertiary/aromatic N) is 1. The fourth-order valence-electron chi connectivity index (χ4n) is 1.08. The number of nitrogens with one attached hydrogen (secondary N) is 1. The first kappa shape index (κ1) is 11.6. The van der Waals surface area contributed by atoms with Crippen LogP contribution in [0.3, 0.4) is 0 Å². The van der Waals surface area contributed by atoms with Gasteiger partial charge in [0.05, 0.1) is 4.92 Å². The molecule has 0 unspecified atom stereocenters. The molecule has 0 radical (unpaired) electrons. The molecule has 0 aromatic heterocycles. The van der Waals surface area contributed by atoms with Gasteiger partial charge in [-0.2, -0.15) is 0 Å². The molecule has 0 bridgehead atoms. The maximum absolute atomic E-state index is 10.8. The number of aliphatic carboxylic acids is 1. The Morgan fingerprint density at radius 3 is 2.50 bits per heavy atom. The van der Waals surface area contributed by atoms with Gasteiger partial charge in [0.2, 0.25) is 0 Å². The van der Waals surface area contributed by atoms with Gasteiger partial charge in [0.1, 0.15) is 0 Å².